The predicted molar refractivity (Wildman–Crippen MR) is 179 cm³/mol. The molecule has 0 unspecified atom stereocenters. The van der Waals surface area contributed by atoms with Gasteiger partial charge in [0, 0.05) is 41.3 Å². The Hall–Kier alpha value is -3.42. The van der Waals surface area contributed by atoms with Crippen LogP contribution in [0, 0.1) is 11.8 Å². The Bertz CT molecular complexity index is 1560. The highest BCUT2D eigenvalue weighted by Crippen LogP contribution is 2.54. The van der Waals surface area contributed by atoms with E-state index in [4.69, 9.17) is 14.2 Å². The highest BCUT2D eigenvalue weighted by atomic mass is 16.5. The van der Waals surface area contributed by atoms with Crippen LogP contribution in [0.3, 0.4) is 0 Å². The van der Waals surface area contributed by atoms with Crippen molar-refractivity contribution >= 4 is 0 Å². The lowest BCUT2D eigenvalue weighted by atomic mass is 9.71. The van der Waals surface area contributed by atoms with E-state index >= 15 is 0 Å². The Morgan fingerprint density at radius 3 is 2.59 bits per heavy atom. The fraction of sp³-hybridized carbons (Fsp3) is 0.538. The molecule has 0 saturated heterocycles. The van der Waals surface area contributed by atoms with Crippen molar-refractivity contribution in [3.05, 3.63) is 63.7 Å². The average molecular weight is 631 g/mol. The van der Waals surface area contributed by atoms with Crippen LogP contribution >= 0.6 is 0 Å². The first-order chi connectivity index (χ1) is 22.2. The summed E-state index contributed by atoms with van der Waals surface area (Å²) in [5, 5.41) is 42.8. The van der Waals surface area contributed by atoms with E-state index in [1.54, 1.807) is 13.2 Å². The summed E-state index contributed by atoms with van der Waals surface area (Å²) >= 11 is 0. The van der Waals surface area contributed by atoms with Crippen molar-refractivity contribution in [1.29, 1.82) is 0 Å². The molecule has 1 aliphatic carbocycles. The third kappa shape index (κ3) is 6.16. The molecule has 248 valence electrons. The molecule has 2 aliphatic heterocycles. The quantitative estimate of drug-likeness (QED) is 0.173. The number of phenols is 2. The number of fused-ring (bicyclic) bond motifs is 6. The van der Waals surface area contributed by atoms with Crippen LogP contribution in [0.2, 0.25) is 0 Å². The van der Waals surface area contributed by atoms with Gasteiger partial charge in [0.1, 0.15) is 17.2 Å². The van der Waals surface area contributed by atoms with Crippen LogP contribution in [0.25, 0.3) is 11.1 Å². The van der Waals surface area contributed by atoms with Crippen LogP contribution in [0.15, 0.2) is 30.3 Å². The Morgan fingerprint density at radius 1 is 1.02 bits per heavy atom. The minimum atomic E-state index is -0.785. The molecule has 0 saturated carbocycles. The molecule has 0 radical (unpaired) electrons. The summed E-state index contributed by atoms with van der Waals surface area (Å²) in [5.41, 5.74) is 8.17. The molecule has 3 aromatic rings. The van der Waals surface area contributed by atoms with E-state index in [2.05, 4.69) is 26.8 Å². The number of aliphatic hydroxyl groups is 2. The van der Waals surface area contributed by atoms with Crippen molar-refractivity contribution in [2.45, 2.75) is 103 Å². The Morgan fingerprint density at radius 2 is 1.85 bits per heavy atom. The molecule has 4 atom stereocenters. The summed E-state index contributed by atoms with van der Waals surface area (Å²) in [6.45, 7) is 7.32. The molecule has 0 bridgehead atoms. The predicted octanol–water partition coefficient (Wildman–Crippen LogP) is 7.55. The van der Waals surface area contributed by atoms with Crippen molar-refractivity contribution in [1.82, 2.24) is 0 Å². The van der Waals surface area contributed by atoms with E-state index in [9.17, 15) is 20.4 Å². The number of aromatic hydroxyl groups is 2. The molecule has 2 heterocycles. The first-order valence-corrected chi connectivity index (χ1v) is 17.3. The van der Waals surface area contributed by atoms with E-state index in [1.807, 2.05) is 18.2 Å². The number of phenolic OH excluding ortho intramolecular Hbond substituents is 2. The van der Waals surface area contributed by atoms with E-state index < -0.39 is 12.2 Å². The van der Waals surface area contributed by atoms with Gasteiger partial charge < -0.3 is 34.6 Å². The molecule has 7 heteroatoms. The lowest BCUT2D eigenvalue weighted by Gasteiger charge is -2.38. The summed E-state index contributed by atoms with van der Waals surface area (Å²) in [6.07, 6.45) is 7.08. The molecule has 0 aromatic heterocycles. The summed E-state index contributed by atoms with van der Waals surface area (Å²) in [5.74, 6) is 3.51. The zero-order valence-electron chi connectivity index (χ0n) is 27.8. The van der Waals surface area contributed by atoms with Crippen molar-refractivity contribution in [2.24, 2.45) is 11.8 Å². The second kappa shape index (κ2) is 13.7. The molecule has 0 fully saturated rings. The van der Waals surface area contributed by atoms with Crippen LogP contribution in [-0.2, 0) is 25.7 Å². The van der Waals surface area contributed by atoms with Gasteiger partial charge >= 0.3 is 0 Å². The summed E-state index contributed by atoms with van der Waals surface area (Å²) in [7, 11) is 1.70. The monoisotopic (exact) mass is 630 g/mol. The zero-order valence-corrected chi connectivity index (χ0v) is 27.8. The number of hydrogen-bond donors (Lipinski definition) is 4. The van der Waals surface area contributed by atoms with Crippen LogP contribution in [0.1, 0.15) is 105 Å². The van der Waals surface area contributed by atoms with Gasteiger partial charge in [0.25, 0.3) is 0 Å². The smallest absolute Gasteiger partial charge is 0.164 e. The van der Waals surface area contributed by atoms with Gasteiger partial charge in [-0.1, -0.05) is 33.3 Å². The van der Waals surface area contributed by atoms with Gasteiger partial charge in [-0.15, -0.1) is 0 Å². The van der Waals surface area contributed by atoms with Gasteiger partial charge in [0.2, 0.25) is 0 Å². The lowest BCUT2D eigenvalue weighted by Crippen LogP contribution is -2.33. The van der Waals surface area contributed by atoms with Gasteiger partial charge in [0.15, 0.2) is 17.6 Å². The molecule has 4 N–H and O–H groups in total. The van der Waals surface area contributed by atoms with Gasteiger partial charge in [-0.05, 0) is 110 Å². The van der Waals surface area contributed by atoms with Gasteiger partial charge in [-0.3, -0.25) is 0 Å². The number of aliphatic hydroxyl groups excluding tert-OH is 2. The molecule has 0 amide bonds. The summed E-state index contributed by atoms with van der Waals surface area (Å²) < 4.78 is 18.7. The lowest BCUT2D eigenvalue weighted by molar-refractivity contribution is 0.0193. The second-order valence-electron chi connectivity index (χ2n) is 13.9. The fourth-order valence-electron chi connectivity index (χ4n) is 8.11. The Balaban J connectivity index is 1.46. The van der Waals surface area contributed by atoms with Gasteiger partial charge in [0.05, 0.1) is 19.8 Å². The standard InChI is InChI=1S/C39H50O7/c1-5-23(8-6-14-40)10-11-24-17-25-19-32(42)26(16-22(2)3)18-29(25)37-35(44-4)21-34-30(36(24)37)20-33(43)39(46-34)28-12-13-31(41)38-27(28)9-7-15-45-38/h12-13,18-19,21-24,33,39-43H,5-11,14-17,20H2,1-4H3/t23-,24-,33-,39+/m1/s1. The molecule has 0 spiro atoms. The number of rotatable bonds is 11. The van der Waals surface area contributed by atoms with Crippen molar-refractivity contribution < 1.29 is 34.6 Å². The van der Waals surface area contributed by atoms with Crippen LogP contribution in [0.5, 0.6) is 28.7 Å². The molecular formula is C39H50O7. The number of methoxy groups -OCH3 is 1. The third-order valence-electron chi connectivity index (χ3n) is 10.4. The molecule has 6 rings (SSSR count). The maximum Gasteiger partial charge on any atom is 0.164 e. The Kier molecular flexibility index (Phi) is 9.72. The van der Waals surface area contributed by atoms with Gasteiger partial charge in [-0.25, -0.2) is 0 Å². The van der Waals surface area contributed by atoms with Crippen molar-refractivity contribution in [3.63, 3.8) is 0 Å². The highest BCUT2D eigenvalue weighted by molar-refractivity contribution is 5.83. The van der Waals surface area contributed by atoms with E-state index in [1.165, 1.54) is 5.56 Å². The van der Waals surface area contributed by atoms with Gasteiger partial charge in [-0.2, -0.15) is 0 Å². The SMILES string of the molecule is CC[C@H](CCCO)CC[C@@H]1Cc2cc(O)c(CC(C)C)cc2-c2c(OC)cc3c(c21)C[C@@H](O)[C@H](c1ccc(O)c2c1CCCO2)O3. The molecule has 3 aromatic carbocycles. The van der Waals surface area contributed by atoms with Crippen LogP contribution < -0.4 is 14.2 Å². The largest absolute Gasteiger partial charge is 0.508 e. The van der Waals surface area contributed by atoms with E-state index in [-0.39, 0.29) is 18.3 Å². The third-order valence-corrected chi connectivity index (χ3v) is 10.4. The number of hydrogen-bond acceptors (Lipinski definition) is 7. The Labute approximate surface area is 273 Å². The van der Waals surface area contributed by atoms with Crippen molar-refractivity contribution in [3.8, 4) is 39.9 Å². The zero-order chi connectivity index (χ0) is 32.5. The van der Waals surface area contributed by atoms with E-state index in [0.717, 1.165) is 108 Å². The minimum absolute atomic E-state index is 0.119. The highest BCUT2D eigenvalue weighted by Gasteiger charge is 2.39. The fourth-order valence-corrected chi connectivity index (χ4v) is 8.11. The molecule has 7 nitrogen and oxygen atoms in total. The second-order valence-corrected chi connectivity index (χ2v) is 13.9. The number of benzene rings is 3. The first-order valence-electron chi connectivity index (χ1n) is 17.3. The summed E-state index contributed by atoms with van der Waals surface area (Å²) in [4.78, 5) is 0. The molecule has 3 aliphatic rings. The van der Waals surface area contributed by atoms with E-state index in [0.29, 0.717) is 36.4 Å². The van der Waals surface area contributed by atoms with Crippen LogP contribution in [0.4, 0.5) is 0 Å². The first kappa shape index (κ1) is 32.5. The number of ether oxygens (including phenoxy) is 3. The van der Waals surface area contributed by atoms with Crippen LogP contribution in [-0.4, -0.2) is 46.9 Å². The molecule has 46 heavy (non-hydrogen) atoms. The summed E-state index contributed by atoms with van der Waals surface area (Å²) in [6, 6.07) is 9.58. The minimum Gasteiger partial charge on any atom is -0.508 e. The van der Waals surface area contributed by atoms with Crippen molar-refractivity contribution in [2.75, 3.05) is 20.3 Å². The normalized spacial score (nSPS) is 20.5. The average Bonchev–Trinajstić information content (AvgIpc) is 3.05. The topological polar surface area (TPSA) is 109 Å². The maximum absolute atomic E-state index is 11.8. The molecular weight excluding hydrogens is 580 g/mol. The maximum atomic E-state index is 11.8.